The molecule has 0 saturated heterocycles. The fourth-order valence-corrected chi connectivity index (χ4v) is 5.08. The van der Waals surface area contributed by atoms with E-state index in [9.17, 15) is 14.9 Å². The van der Waals surface area contributed by atoms with Crippen molar-refractivity contribution in [1.82, 2.24) is 15.5 Å². The molecule has 4 aromatic rings. The zero-order valence-corrected chi connectivity index (χ0v) is 26.9. The third-order valence-corrected chi connectivity index (χ3v) is 7.49. The number of nitrogens with one attached hydrogen (secondary N) is 1. The number of halogens is 2. The zero-order chi connectivity index (χ0) is 34.1. The molecule has 12 heteroatoms. The molecule has 5 rings (SSSR count). The average molecular weight is 644 g/mol. The molecule has 0 bridgehead atoms. The topological polar surface area (TPSA) is 131 Å². The largest absolute Gasteiger partial charge is 0.457 e. The quantitative estimate of drug-likeness (QED) is 0.219. The van der Waals surface area contributed by atoms with Crippen LogP contribution in [0.1, 0.15) is 65.0 Å². The molecule has 244 valence electrons. The molecule has 0 unspecified atom stereocenters. The van der Waals surface area contributed by atoms with Gasteiger partial charge in [0, 0.05) is 12.0 Å². The number of rotatable bonds is 7. The van der Waals surface area contributed by atoms with Crippen molar-refractivity contribution >= 4 is 17.7 Å². The van der Waals surface area contributed by atoms with E-state index in [0.717, 1.165) is 6.07 Å². The van der Waals surface area contributed by atoms with E-state index in [1.165, 1.54) is 17.9 Å². The molecule has 3 aromatic carbocycles. The molecule has 0 fully saturated rings. The highest BCUT2D eigenvalue weighted by Crippen LogP contribution is 2.44. The van der Waals surface area contributed by atoms with Crippen molar-refractivity contribution < 1.29 is 32.3 Å². The zero-order valence-electron chi connectivity index (χ0n) is 26.9. The molecule has 47 heavy (non-hydrogen) atoms. The average Bonchev–Trinajstić information content (AvgIpc) is 3.49. The third kappa shape index (κ3) is 7.41. The Morgan fingerprint density at radius 3 is 2.38 bits per heavy atom. The van der Waals surface area contributed by atoms with Gasteiger partial charge in [0.2, 0.25) is 11.8 Å². The number of nitriles is 1. The molecular weight excluding hydrogens is 608 g/mol. The molecule has 2 amide bonds. The van der Waals surface area contributed by atoms with Crippen LogP contribution in [-0.2, 0) is 27.2 Å². The molecule has 0 aliphatic carbocycles. The van der Waals surface area contributed by atoms with Crippen LogP contribution < -0.4 is 15.0 Å². The Kier molecular flexibility index (Phi) is 8.77. The van der Waals surface area contributed by atoms with Gasteiger partial charge in [-0.3, -0.25) is 4.79 Å². The minimum Gasteiger partial charge on any atom is -0.457 e. The van der Waals surface area contributed by atoms with Crippen LogP contribution in [0.15, 0.2) is 71.1 Å². The van der Waals surface area contributed by atoms with Crippen molar-refractivity contribution in [1.29, 1.82) is 5.26 Å². The maximum Gasteiger partial charge on any atom is 0.408 e. The summed E-state index contributed by atoms with van der Waals surface area (Å²) in [6, 6.07) is 19.1. The molecule has 1 aliphatic heterocycles. The number of fused-ring (bicyclic) bond motifs is 1. The van der Waals surface area contributed by atoms with Gasteiger partial charge in [-0.15, -0.1) is 10.2 Å². The van der Waals surface area contributed by atoms with E-state index in [0.29, 0.717) is 17.1 Å². The summed E-state index contributed by atoms with van der Waals surface area (Å²) in [6.45, 7) is 9.29. The Hall–Kier alpha value is -5.31. The van der Waals surface area contributed by atoms with Gasteiger partial charge in [0.05, 0.1) is 23.9 Å². The van der Waals surface area contributed by atoms with Gasteiger partial charge >= 0.3 is 6.09 Å². The fourth-order valence-electron chi connectivity index (χ4n) is 5.08. The number of carbonyl (C=O) groups excluding carboxylic acids is 2. The van der Waals surface area contributed by atoms with Gasteiger partial charge < -0.3 is 24.1 Å². The van der Waals surface area contributed by atoms with Crippen LogP contribution in [0.3, 0.4) is 0 Å². The second kappa shape index (κ2) is 12.5. The van der Waals surface area contributed by atoms with Gasteiger partial charge in [0.25, 0.3) is 5.89 Å². The fraction of sp³-hybridized carbons (Fsp3) is 0.343. The van der Waals surface area contributed by atoms with Crippen molar-refractivity contribution in [3.05, 3.63) is 89.6 Å². The summed E-state index contributed by atoms with van der Waals surface area (Å²) in [7, 11) is 0. The van der Waals surface area contributed by atoms with Crippen molar-refractivity contribution in [2.75, 3.05) is 4.90 Å². The number of ether oxygens (including phenoxy) is 2. The SMILES string of the molecule is CC(C)(C)OC(=O)N[C@H]1C[C@@](C)(F)c2cc(F)c(-c3nnc(C(C)(C)C#N)o3)cc2N(Cc2ccc(Oc3ccccc3)cc2)C1=O. The smallest absolute Gasteiger partial charge is 0.408 e. The summed E-state index contributed by atoms with van der Waals surface area (Å²) in [5.41, 5.74) is -3.89. The van der Waals surface area contributed by atoms with Crippen LogP contribution in [0.25, 0.3) is 11.5 Å². The van der Waals surface area contributed by atoms with Crippen LogP contribution in [0.2, 0.25) is 0 Å². The lowest BCUT2D eigenvalue weighted by Crippen LogP contribution is -2.50. The van der Waals surface area contributed by atoms with E-state index in [-0.39, 0.29) is 35.1 Å². The predicted molar refractivity (Wildman–Crippen MR) is 169 cm³/mol. The molecule has 2 atom stereocenters. The normalized spacial score (nSPS) is 18.1. The van der Waals surface area contributed by atoms with E-state index >= 15 is 8.78 Å². The first kappa shape index (κ1) is 33.1. The molecule has 1 aromatic heterocycles. The third-order valence-electron chi connectivity index (χ3n) is 7.49. The summed E-state index contributed by atoms with van der Waals surface area (Å²) in [4.78, 5) is 28.3. The van der Waals surface area contributed by atoms with Gasteiger partial charge in [-0.1, -0.05) is 30.3 Å². The predicted octanol–water partition coefficient (Wildman–Crippen LogP) is 7.48. The van der Waals surface area contributed by atoms with E-state index in [1.807, 2.05) is 30.3 Å². The maximum atomic E-state index is 16.6. The highest BCUT2D eigenvalue weighted by Gasteiger charge is 2.44. The number of aromatic nitrogens is 2. The number of para-hydroxylation sites is 1. The summed E-state index contributed by atoms with van der Waals surface area (Å²) in [5, 5.41) is 19.9. The lowest BCUT2D eigenvalue weighted by atomic mass is 9.90. The first-order valence-electron chi connectivity index (χ1n) is 15.0. The first-order chi connectivity index (χ1) is 22.1. The number of anilines is 1. The molecule has 2 heterocycles. The number of amides is 2. The maximum absolute atomic E-state index is 16.6. The molecule has 0 saturated carbocycles. The number of hydrogen-bond acceptors (Lipinski definition) is 8. The second-order valence-corrected chi connectivity index (χ2v) is 13.1. The molecule has 1 N–H and O–H groups in total. The number of benzene rings is 3. The number of alkyl carbamates (subject to hydrolysis) is 1. The first-order valence-corrected chi connectivity index (χ1v) is 15.0. The second-order valence-electron chi connectivity index (χ2n) is 13.1. The molecular formula is C35H35F2N5O5. The monoisotopic (exact) mass is 643 g/mol. The number of nitrogens with zero attached hydrogens (tertiary/aromatic N) is 4. The number of carbonyl (C=O) groups is 2. The Morgan fingerprint density at radius 2 is 1.74 bits per heavy atom. The lowest BCUT2D eigenvalue weighted by Gasteiger charge is -2.27. The van der Waals surface area contributed by atoms with Gasteiger partial charge in [-0.2, -0.15) is 5.26 Å². The molecule has 0 radical (unpaired) electrons. The highest BCUT2D eigenvalue weighted by molar-refractivity contribution is 6.01. The van der Waals surface area contributed by atoms with Crippen molar-refractivity contribution in [3.63, 3.8) is 0 Å². The highest BCUT2D eigenvalue weighted by atomic mass is 19.1. The number of hydrogen-bond donors (Lipinski definition) is 1. The Balaban J connectivity index is 1.56. The van der Waals surface area contributed by atoms with Crippen LogP contribution in [0, 0.1) is 17.1 Å². The van der Waals surface area contributed by atoms with Crippen molar-refractivity contribution in [2.24, 2.45) is 0 Å². The van der Waals surface area contributed by atoms with E-state index in [2.05, 4.69) is 21.6 Å². The molecule has 1 aliphatic rings. The summed E-state index contributed by atoms with van der Waals surface area (Å²) >= 11 is 0. The Labute approximate surface area is 271 Å². The van der Waals surface area contributed by atoms with Crippen molar-refractivity contribution in [2.45, 2.75) is 77.2 Å². The Bertz CT molecular complexity index is 1830. The van der Waals surface area contributed by atoms with Crippen molar-refractivity contribution in [3.8, 4) is 29.0 Å². The van der Waals surface area contributed by atoms with Gasteiger partial charge in [0.1, 0.15) is 40.0 Å². The van der Waals surface area contributed by atoms with E-state index in [4.69, 9.17) is 13.9 Å². The van der Waals surface area contributed by atoms with E-state index < -0.39 is 47.0 Å². The van der Waals surface area contributed by atoms with Crippen LogP contribution in [0.5, 0.6) is 11.5 Å². The number of alkyl halides is 1. The van der Waals surface area contributed by atoms with Gasteiger partial charge in [-0.05, 0) is 83.5 Å². The summed E-state index contributed by atoms with van der Waals surface area (Å²) in [5.74, 6) is -0.589. The lowest BCUT2D eigenvalue weighted by molar-refractivity contribution is -0.121. The molecule has 0 spiro atoms. The summed E-state index contributed by atoms with van der Waals surface area (Å²) in [6.07, 6.45) is -1.39. The van der Waals surface area contributed by atoms with Crippen LogP contribution in [0.4, 0.5) is 19.3 Å². The van der Waals surface area contributed by atoms with Crippen LogP contribution in [-0.4, -0.2) is 33.8 Å². The summed E-state index contributed by atoms with van der Waals surface area (Å²) < 4.78 is 49.2. The van der Waals surface area contributed by atoms with Gasteiger partial charge in [0.15, 0.2) is 0 Å². The molecule has 10 nitrogen and oxygen atoms in total. The Morgan fingerprint density at radius 1 is 1.09 bits per heavy atom. The minimum atomic E-state index is -2.27. The van der Waals surface area contributed by atoms with Crippen LogP contribution >= 0.6 is 0 Å². The minimum absolute atomic E-state index is 0.0351. The standard InChI is InChI=1S/C35H35F2N5O5/c1-33(2,3)47-32(44)39-27-18-35(6,37)25-17-26(36)24(29-40-41-31(46-29)34(4,5)20-38)16-28(25)42(30(27)43)19-21-12-14-23(15-13-21)45-22-10-8-7-9-11-22/h7-17,27H,18-19H2,1-6H3,(H,39,44)/t27-,35+/m0/s1. The van der Waals surface area contributed by atoms with E-state index in [1.54, 1.807) is 58.9 Å². The van der Waals surface area contributed by atoms with Gasteiger partial charge in [-0.25, -0.2) is 13.6 Å².